The van der Waals surface area contributed by atoms with Crippen LogP contribution in [0.15, 0.2) is 36.5 Å². The Labute approximate surface area is 193 Å². The number of nitriles is 1. The van der Waals surface area contributed by atoms with Gasteiger partial charge in [0.25, 0.3) is 5.91 Å². The Hall–Kier alpha value is -3.11. The van der Waals surface area contributed by atoms with Crippen LogP contribution >= 0.6 is 11.6 Å². The monoisotopic (exact) mass is 453 g/mol. The van der Waals surface area contributed by atoms with E-state index in [1.807, 2.05) is 20.8 Å². The summed E-state index contributed by atoms with van der Waals surface area (Å²) < 4.78 is 0. The number of carbonyl (C=O) groups is 2. The molecule has 2 heterocycles. The Morgan fingerprint density at radius 1 is 1.25 bits per heavy atom. The van der Waals surface area contributed by atoms with Gasteiger partial charge in [0.15, 0.2) is 5.82 Å². The van der Waals surface area contributed by atoms with Crippen LogP contribution in [0.2, 0.25) is 5.02 Å². The quantitative estimate of drug-likeness (QED) is 0.700. The second-order valence-corrected chi connectivity index (χ2v) is 9.54. The number of nitrogens with one attached hydrogen (secondary N) is 2. The molecule has 1 aliphatic heterocycles. The number of anilines is 2. The van der Waals surface area contributed by atoms with Crippen LogP contribution in [0.4, 0.5) is 11.5 Å². The second-order valence-electron chi connectivity index (χ2n) is 9.10. The van der Waals surface area contributed by atoms with Gasteiger partial charge >= 0.3 is 0 Å². The lowest BCUT2D eigenvalue weighted by atomic mass is 9.92. The lowest BCUT2D eigenvalue weighted by Crippen LogP contribution is -2.42. The Kier molecular flexibility index (Phi) is 7.37. The van der Waals surface area contributed by atoms with Crippen LogP contribution in [-0.2, 0) is 4.79 Å². The number of carbonyl (C=O) groups excluding carboxylic acids is 2. The average molecular weight is 454 g/mol. The van der Waals surface area contributed by atoms with E-state index < -0.39 is 0 Å². The molecule has 32 heavy (non-hydrogen) atoms. The summed E-state index contributed by atoms with van der Waals surface area (Å²) in [7, 11) is 0. The highest BCUT2D eigenvalue weighted by Crippen LogP contribution is 2.30. The van der Waals surface area contributed by atoms with Gasteiger partial charge in [0, 0.05) is 41.8 Å². The van der Waals surface area contributed by atoms with Crippen LogP contribution in [0.5, 0.6) is 0 Å². The van der Waals surface area contributed by atoms with Gasteiger partial charge in [-0.05, 0) is 63.8 Å². The molecule has 1 saturated heterocycles. The van der Waals surface area contributed by atoms with Crippen molar-refractivity contribution in [3.63, 3.8) is 0 Å². The third-order valence-electron chi connectivity index (χ3n) is 5.23. The van der Waals surface area contributed by atoms with Gasteiger partial charge in [-0.3, -0.25) is 9.59 Å². The molecule has 1 aliphatic rings. The lowest BCUT2D eigenvalue weighted by Gasteiger charge is -2.34. The molecule has 168 valence electrons. The van der Waals surface area contributed by atoms with E-state index in [-0.39, 0.29) is 17.4 Å². The van der Waals surface area contributed by atoms with Gasteiger partial charge in [-0.2, -0.15) is 5.26 Å². The van der Waals surface area contributed by atoms with E-state index in [2.05, 4.69) is 26.6 Å². The van der Waals surface area contributed by atoms with Gasteiger partial charge in [0.2, 0.25) is 5.91 Å². The first-order valence-corrected chi connectivity index (χ1v) is 11.1. The van der Waals surface area contributed by atoms with Crippen LogP contribution in [0.1, 0.15) is 56.0 Å². The van der Waals surface area contributed by atoms with Crippen molar-refractivity contribution in [2.75, 3.05) is 23.3 Å². The first-order chi connectivity index (χ1) is 15.1. The smallest absolute Gasteiger partial charge is 0.255 e. The Morgan fingerprint density at radius 3 is 2.59 bits per heavy atom. The fourth-order valence-corrected chi connectivity index (χ4v) is 3.96. The molecule has 2 amide bonds. The molecule has 0 radical (unpaired) electrons. The van der Waals surface area contributed by atoms with E-state index >= 15 is 0 Å². The standard InChI is InChI=1S/C24H28ClN5O2/c1-24(2,3)29-21(31)12-16-7-9-30(10-8-16)22-20(11-17(14-26)15-27-22)28-23(32)18-5-4-6-19(25)13-18/h4-6,11,13,15-16H,7-10,12H2,1-3H3,(H,28,32)(H,29,31). The van der Waals surface area contributed by atoms with E-state index in [1.54, 1.807) is 30.3 Å². The molecular weight excluding hydrogens is 426 g/mol. The van der Waals surface area contributed by atoms with Crippen LogP contribution in [0, 0.1) is 17.2 Å². The summed E-state index contributed by atoms with van der Waals surface area (Å²) in [5.41, 5.74) is 1.04. The first kappa shape index (κ1) is 23.6. The molecule has 0 aliphatic carbocycles. The molecule has 3 rings (SSSR count). The summed E-state index contributed by atoms with van der Waals surface area (Å²) in [6.45, 7) is 7.36. The van der Waals surface area contributed by atoms with Crippen molar-refractivity contribution in [1.29, 1.82) is 5.26 Å². The largest absolute Gasteiger partial charge is 0.355 e. The highest BCUT2D eigenvalue weighted by molar-refractivity contribution is 6.31. The number of pyridine rings is 1. The van der Waals surface area contributed by atoms with Crippen molar-refractivity contribution in [1.82, 2.24) is 10.3 Å². The van der Waals surface area contributed by atoms with E-state index in [9.17, 15) is 14.9 Å². The summed E-state index contributed by atoms with van der Waals surface area (Å²) in [5.74, 6) is 0.676. The molecule has 2 N–H and O–H groups in total. The minimum Gasteiger partial charge on any atom is -0.355 e. The highest BCUT2D eigenvalue weighted by Gasteiger charge is 2.25. The maximum atomic E-state index is 12.7. The summed E-state index contributed by atoms with van der Waals surface area (Å²) >= 11 is 6.01. The SMILES string of the molecule is CC(C)(C)NC(=O)CC1CCN(c2ncc(C#N)cc2NC(=O)c2cccc(Cl)c2)CC1. The molecule has 0 spiro atoms. The number of nitrogens with zero attached hydrogens (tertiary/aromatic N) is 3. The second kappa shape index (κ2) is 10.0. The van der Waals surface area contributed by atoms with Crippen molar-refractivity contribution in [2.45, 2.75) is 45.6 Å². The zero-order chi connectivity index (χ0) is 23.3. The van der Waals surface area contributed by atoms with Crippen molar-refractivity contribution < 1.29 is 9.59 Å². The number of hydrogen-bond donors (Lipinski definition) is 2. The highest BCUT2D eigenvalue weighted by atomic mass is 35.5. The minimum absolute atomic E-state index is 0.0712. The predicted octanol–water partition coefficient (Wildman–Crippen LogP) is 4.38. The van der Waals surface area contributed by atoms with Crippen LogP contribution in [0.3, 0.4) is 0 Å². The fraction of sp³-hybridized carbons (Fsp3) is 0.417. The zero-order valence-corrected chi connectivity index (χ0v) is 19.4. The summed E-state index contributed by atoms with van der Waals surface area (Å²) in [6.07, 6.45) is 3.71. The predicted molar refractivity (Wildman–Crippen MR) is 126 cm³/mol. The first-order valence-electron chi connectivity index (χ1n) is 10.7. The van der Waals surface area contributed by atoms with Gasteiger partial charge in [0.1, 0.15) is 6.07 Å². The fourth-order valence-electron chi connectivity index (χ4n) is 3.77. The normalized spacial score (nSPS) is 14.5. The zero-order valence-electron chi connectivity index (χ0n) is 18.6. The van der Waals surface area contributed by atoms with E-state index in [0.717, 1.165) is 12.8 Å². The van der Waals surface area contributed by atoms with Gasteiger partial charge in [-0.1, -0.05) is 17.7 Å². The number of halogens is 1. The number of aromatic nitrogens is 1. The Morgan fingerprint density at radius 2 is 1.97 bits per heavy atom. The average Bonchev–Trinajstić information content (AvgIpc) is 2.73. The maximum Gasteiger partial charge on any atom is 0.255 e. The molecule has 1 fully saturated rings. The molecule has 0 saturated carbocycles. The lowest BCUT2D eigenvalue weighted by molar-refractivity contribution is -0.123. The molecular formula is C24H28ClN5O2. The van der Waals surface area contributed by atoms with Crippen LogP contribution < -0.4 is 15.5 Å². The third-order valence-corrected chi connectivity index (χ3v) is 5.47. The number of piperidine rings is 1. The Balaban J connectivity index is 1.70. The van der Waals surface area contributed by atoms with Crippen molar-refractivity contribution in [2.24, 2.45) is 5.92 Å². The summed E-state index contributed by atoms with van der Waals surface area (Å²) in [5, 5.41) is 15.6. The van der Waals surface area contributed by atoms with Gasteiger partial charge < -0.3 is 15.5 Å². The third kappa shape index (κ3) is 6.44. The molecule has 8 heteroatoms. The number of hydrogen-bond acceptors (Lipinski definition) is 5. The molecule has 0 bridgehead atoms. The number of rotatable bonds is 5. The molecule has 0 unspecified atom stereocenters. The van der Waals surface area contributed by atoms with Gasteiger partial charge in [-0.25, -0.2) is 4.98 Å². The van der Waals surface area contributed by atoms with E-state index in [4.69, 9.17) is 11.6 Å². The van der Waals surface area contributed by atoms with E-state index in [1.165, 1.54) is 6.20 Å². The Bertz CT molecular complexity index is 1030. The topological polar surface area (TPSA) is 98.1 Å². The van der Waals surface area contributed by atoms with Crippen LogP contribution in [-0.4, -0.2) is 35.4 Å². The minimum atomic E-state index is -0.320. The molecule has 1 aromatic carbocycles. The van der Waals surface area contributed by atoms with Crippen molar-refractivity contribution >= 4 is 34.9 Å². The molecule has 7 nitrogen and oxygen atoms in total. The number of benzene rings is 1. The van der Waals surface area contributed by atoms with Crippen LogP contribution in [0.25, 0.3) is 0 Å². The maximum absolute atomic E-state index is 12.7. The van der Waals surface area contributed by atoms with Gasteiger partial charge in [-0.15, -0.1) is 0 Å². The number of amides is 2. The summed E-state index contributed by atoms with van der Waals surface area (Å²) in [6, 6.07) is 10.4. The molecule has 1 aromatic heterocycles. The summed E-state index contributed by atoms with van der Waals surface area (Å²) in [4.78, 5) is 31.5. The van der Waals surface area contributed by atoms with Crippen molar-refractivity contribution in [3.05, 3.63) is 52.7 Å². The molecule has 0 atom stereocenters. The van der Waals surface area contributed by atoms with Gasteiger partial charge in [0.05, 0.1) is 11.3 Å². The van der Waals surface area contributed by atoms with Crippen molar-refractivity contribution in [3.8, 4) is 6.07 Å². The van der Waals surface area contributed by atoms with E-state index in [0.29, 0.717) is 53.1 Å². The molecule has 2 aromatic rings.